The molecule has 1 aliphatic heterocycles. The zero-order valence-electron chi connectivity index (χ0n) is 16.3. The molecule has 8 nitrogen and oxygen atoms in total. The van der Waals surface area contributed by atoms with Crippen LogP contribution in [0.2, 0.25) is 0 Å². The first-order chi connectivity index (χ1) is 13.3. The van der Waals surface area contributed by atoms with Crippen LogP contribution in [0, 0.1) is 0 Å². The normalized spacial score (nSPS) is 15.5. The fourth-order valence-corrected chi connectivity index (χ4v) is 4.71. The van der Waals surface area contributed by atoms with Gasteiger partial charge in [0.25, 0.3) is 0 Å². The average Bonchev–Trinajstić information content (AvgIpc) is 2.71. The fraction of sp³-hybridized carbons (Fsp3) is 0.474. The fourth-order valence-electron chi connectivity index (χ4n) is 3.04. The average molecular weight is 410 g/mol. The molecular weight excluding hydrogens is 384 g/mol. The van der Waals surface area contributed by atoms with Crippen LogP contribution in [0.15, 0.2) is 24.3 Å². The van der Waals surface area contributed by atoms with E-state index in [-0.39, 0.29) is 5.91 Å². The molecular formula is C19H26N2O6S. The van der Waals surface area contributed by atoms with Crippen molar-refractivity contribution in [1.29, 1.82) is 0 Å². The van der Waals surface area contributed by atoms with E-state index in [1.54, 1.807) is 37.3 Å². The first-order valence-corrected chi connectivity index (χ1v) is 10.6. The van der Waals surface area contributed by atoms with E-state index in [1.165, 1.54) is 13.1 Å². The van der Waals surface area contributed by atoms with Crippen molar-refractivity contribution in [2.24, 2.45) is 0 Å². The number of methoxy groups -OCH3 is 2. The van der Waals surface area contributed by atoms with Crippen LogP contribution in [0.25, 0.3) is 6.08 Å². The van der Waals surface area contributed by atoms with Crippen molar-refractivity contribution < 1.29 is 27.5 Å². The predicted molar refractivity (Wildman–Crippen MR) is 106 cm³/mol. The summed E-state index contributed by atoms with van der Waals surface area (Å²) in [5.41, 5.74) is 0.786. The van der Waals surface area contributed by atoms with Gasteiger partial charge in [-0.15, -0.1) is 0 Å². The smallest absolute Gasteiger partial charge is 0.246 e. The maximum atomic E-state index is 12.4. The summed E-state index contributed by atoms with van der Waals surface area (Å²) in [5, 5.41) is 1.73. The summed E-state index contributed by atoms with van der Waals surface area (Å²) in [6.45, 7) is 0.680. The van der Waals surface area contributed by atoms with E-state index < -0.39 is 26.7 Å². The Hall–Kier alpha value is -2.55. The molecule has 0 unspecified atom stereocenters. The number of benzene rings is 1. The van der Waals surface area contributed by atoms with E-state index in [4.69, 9.17) is 9.47 Å². The molecule has 0 saturated carbocycles. The minimum atomic E-state index is -3.51. The van der Waals surface area contributed by atoms with Gasteiger partial charge in [0.05, 0.1) is 19.5 Å². The number of hydrogen-bond donors (Lipinski definition) is 1. The van der Waals surface area contributed by atoms with Crippen LogP contribution in [0.4, 0.5) is 0 Å². The second kappa shape index (κ2) is 9.59. The largest absolute Gasteiger partial charge is 0.493 e. The summed E-state index contributed by atoms with van der Waals surface area (Å²) in [7, 11) is 0.991. The molecule has 1 aromatic carbocycles. The topological polar surface area (TPSA) is 102 Å². The lowest BCUT2D eigenvalue weighted by Gasteiger charge is -2.30. The number of sulfone groups is 1. The highest BCUT2D eigenvalue weighted by atomic mass is 32.2. The number of nitrogens with zero attached hydrogens (tertiary/aromatic N) is 1. The number of likely N-dealkylation sites (tertiary alicyclic amines) is 1. The maximum absolute atomic E-state index is 12.4. The molecule has 1 N–H and O–H groups in total. The first-order valence-electron chi connectivity index (χ1n) is 8.92. The van der Waals surface area contributed by atoms with Crippen molar-refractivity contribution in [1.82, 2.24) is 10.2 Å². The summed E-state index contributed by atoms with van der Waals surface area (Å²) in [5.74, 6) is -0.0417. The SMILES string of the molecule is CNC(=O)CS(=O)(=O)C1CCN(C(=O)/C=C/c2ccc(OC)c(OC)c2)CC1. The molecule has 1 aliphatic rings. The maximum Gasteiger partial charge on any atom is 0.246 e. The van der Waals surface area contributed by atoms with Crippen molar-refractivity contribution in [2.75, 3.05) is 40.1 Å². The Balaban J connectivity index is 1.95. The van der Waals surface area contributed by atoms with Crippen LogP contribution in [-0.2, 0) is 19.4 Å². The van der Waals surface area contributed by atoms with Crippen molar-refractivity contribution in [3.63, 3.8) is 0 Å². The van der Waals surface area contributed by atoms with Crippen molar-refractivity contribution in [3.8, 4) is 11.5 Å². The van der Waals surface area contributed by atoms with Gasteiger partial charge in [-0.2, -0.15) is 0 Å². The van der Waals surface area contributed by atoms with E-state index in [0.717, 1.165) is 5.56 Å². The van der Waals surface area contributed by atoms with Crippen LogP contribution >= 0.6 is 0 Å². The van der Waals surface area contributed by atoms with Gasteiger partial charge in [0.15, 0.2) is 21.3 Å². The summed E-state index contributed by atoms with van der Waals surface area (Å²) in [6, 6.07) is 5.33. The highest BCUT2D eigenvalue weighted by molar-refractivity contribution is 7.92. The van der Waals surface area contributed by atoms with Crippen LogP contribution < -0.4 is 14.8 Å². The highest BCUT2D eigenvalue weighted by Crippen LogP contribution is 2.28. The van der Waals surface area contributed by atoms with Crippen molar-refractivity contribution in [2.45, 2.75) is 18.1 Å². The second-order valence-corrected chi connectivity index (χ2v) is 8.73. The second-order valence-electron chi connectivity index (χ2n) is 6.45. The number of rotatable bonds is 7. The van der Waals surface area contributed by atoms with E-state index >= 15 is 0 Å². The lowest BCUT2D eigenvalue weighted by molar-refractivity contribution is -0.126. The third-order valence-electron chi connectivity index (χ3n) is 4.70. The minimum Gasteiger partial charge on any atom is -0.493 e. The van der Waals surface area contributed by atoms with Crippen molar-refractivity contribution in [3.05, 3.63) is 29.8 Å². The van der Waals surface area contributed by atoms with E-state index in [0.29, 0.717) is 37.4 Å². The van der Waals surface area contributed by atoms with E-state index in [1.807, 2.05) is 6.07 Å². The molecule has 0 spiro atoms. The standard InChI is InChI=1S/C19H26N2O6S/c1-20-18(22)13-28(24,25)15-8-10-21(11-9-15)19(23)7-5-14-4-6-16(26-2)17(12-14)27-3/h4-7,12,15H,8-11,13H2,1-3H3,(H,20,22)/b7-5+. The van der Waals surface area contributed by atoms with Gasteiger partial charge in [-0.25, -0.2) is 8.42 Å². The molecule has 2 rings (SSSR count). The van der Waals surface area contributed by atoms with Gasteiger partial charge in [-0.1, -0.05) is 6.07 Å². The highest BCUT2D eigenvalue weighted by Gasteiger charge is 2.32. The molecule has 1 fully saturated rings. The lowest BCUT2D eigenvalue weighted by Crippen LogP contribution is -2.43. The van der Waals surface area contributed by atoms with E-state index in [9.17, 15) is 18.0 Å². The number of amides is 2. The molecule has 1 saturated heterocycles. The number of carbonyl (C=O) groups is 2. The van der Waals surface area contributed by atoms with Gasteiger partial charge in [0.1, 0.15) is 5.75 Å². The minimum absolute atomic E-state index is 0.183. The van der Waals surface area contributed by atoms with Gasteiger partial charge >= 0.3 is 0 Å². The van der Waals surface area contributed by atoms with Crippen LogP contribution in [0.5, 0.6) is 11.5 Å². The van der Waals surface area contributed by atoms with Gasteiger partial charge in [-0.3, -0.25) is 9.59 Å². The Labute approximate surface area is 165 Å². The van der Waals surface area contributed by atoms with Crippen LogP contribution in [0.1, 0.15) is 18.4 Å². The molecule has 0 bridgehead atoms. The molecule has 0 aromatic heterocycles. The van der Waals surface area contributed by atoms with Gasteiger partial charge < -0.3 is 19.7 Å². The van der Waals surface area contributed by atoms with Crippen LogP contribution in [-0.4, -0.2) is 70.5 Å². The molecule has 0 radical (unpaired) electrons. The van der Waals surface area contributed by atoms with Gasteiger partial charge in [0, 0.05) is 26.2 Å². The number of carbonyl (C=O) groups excluding carboxylic acids is 2. The summed E-state index contributed by atoms with van der Waals surface area (Å²) >= 11 is 0. The third-order valence-corrected chi connectivity index (χ3v) is 6.85. The Bertz CT molecular complexity index is 842. The molecule has 1 aromatic rings. The molecule has 0 atom stereocenters. The van der Waals surface area contributed by atoms with E-state index in [2.05, 4.69) is 5.32 Å². The number of piperidine rings is 1. The number of hydrogen-bond acceptors (Lipinski definition) is 6. The Morgan fingerprint density at radius 3 is 2.39 bits per heavy atom. The number of ether oxygens (including phenoxy) is 2. The zero-order valence-corrected chi connectivity index (χ0v) is 17.1. The quantitative estimate of drug-likeness (QED) is 0.669. The lowest BCUT2D eigenvalue weighted by atomic mass is 10.1. The molecule has 154 valence electrons. The van der Waals surface area contributed by atoms with Gasteiger partial charge in [0.2, 0.25) is 11.8 Å². The summed E-state index contributed by atoms with van der Waals surface area (Å²) in [4.78, 5) is 25.4. The molecule has 2 amide bonds. The molecule has 1 heterocycles. The molecule has 0 aliphatic carbocycles. The Kier molecular flexibility index (Phi) is 7.45. The Morgan fingerprint density at radius 2 is 1.82 bits per heavy atom. The monoisotopic (exact) mass is 410 g/mol. The van der Waals surface area contributed by atoms with Crippen LogP contribution in [0.3, 0.4) is 0 Å². The third kappa shape index (κ3) is 5.48. The molecule has 9 heteroatoms. The zero-order chi connectivity index (χ0) is 20.7. The summed E-state index contributed by atoms with van der Waals surface area (Å²) in [6.07, 6.45) is 3.80. The predicted octanol–water partition coefficient (Wildman–Crippen LogP) is 0.869. The first kappa shape index (κ1) is 21.7. The molecule has 28 heavy (non-hydrogen) atoms. The Morgan fingerprint density at radius 1 is 1.18 bits per heavy atom. The van der Waals surface area contributed by atoms with Gasteiger partial charge in [-0.05, 0) is 36.6 Å². The van der Waals surface area contributed by atoms with Crippen molar-refractivity contribution >= 4 is 27.7 Å². The summed E-state index contributed by atoms with van der Waals surface area (Å²) < 4.78 is 34.9. The number of nitrogens with one attached hydrogen (secondary N) is 1.